The van der Waals surface area contributed by atoms with E-state index in [1.165, 1.54) is 0 Å². The zero-order valence-corrected chi connectivity index (χ0v) is 10.8. The number of nitrogens with one attached hydrogen (secondary N) is 1. The smallest absolute Gasteiger partial charge is 0.259 e. The van der Waals surface area contributed by atoms with Gasteiger partial charge < -0.3 is 0 Å². The Morgan fingerprint density at radius 2 is 1.75 bits per heavy atom. The Balaban J connectivity index is 2.17. The highest BCUT2D eigenvalue weighted by atomic mass is 16.2. The molecule has 0 aromatic heterocycles. The molecule has 1 aromatic rings. The van der Waals surface area contributed by atoms with Crippen molar-refractivity contribution in [1.29, 1.82) is 0 Å². The molecule has 2 amide bonds. The van der Waals surface area contributed by atoms with Gasteiger partial charge in [-0.05, 0) is 11.1 Å². The Bertz CT molecular complexity index is 693. The topological polar surface area (TPSA) is 46.2 Å². The van der Waals surface area contributed by atoms with E-state index in [1.54, 1.807) is 0 Å². The SMILES string of the molecule is C=C1C=CC=CC1C1=C(c2ccccc2)C(=O)NC1=O. The van der Waals surface area contributed by atoms with Crippen molar-refractivity contribution < 1.29 is 9.59 Å². The Hall–Kier alpha value is -2.68. The predicted octanol–water partition coefficient (Wildman–Crippen LogP) is 2.39. The molecule has 1 aliphatic heterocycles. The minimum absolute atomic E-state index is 0.248. The fourth-order valence-electron chi connectivity index (χ4n) is 2.52. The van der Waals surface area contributed by atoms with Gasteiger partial charge in [-0.25, -0.2) is 0 Å². The molecule has 0 saturated heterocycles. The van der Waals surface area contributed by atoms with Gasteiger partial charge in [0.2, 0.25) is 0 Å². The molecule has 1 aliphatic carbocycles. The van der Waals surface area contributed by atoms with Crippen LogP contribution in [0.4, 0.5) is 0 Å². The lowest BCUT2D eigenvalue weighted by Crippen LogP contribution is -2.24. The fraction of sp³-hybridized carbons (Fsp3) is 0.0588. The Morgan fingerprint density at radius 3 is 2.45 bits per heavy atom. The predicted molar refractivity (Wildman–Crippen MR) is 77.4 cm³/mol. The molecule has 1 N–H and O–H groups in total. The van der Waals surface area contributed by atoms with E-state index in [-0.39, 0.29) is 17.7 Å². The van der Waals surface area contributed by atoms with Gasteiger partial charge in [-0.3, -0.25) is 14.9 Å². The Kier molecular flexibility index (Phi) is 2.95. The summed E-state index contributed by atoms with van der Waals surface area (Å²) in [6.07, 6.45) is 7.48. The number of rotatable bonds is 2. The van der Waals surface area contributed by atoms with Crippen LogP contribution in [-0.4, -0.2) is 11.8 Å². The van der Waals surface area contributed by atoms with Crippen molar-refractivity contribution in [2.75, 3.05) is 0 Å². The molecule has 0 spiro atoms. The second kappa shape index (κ2) is 4.78. The van der Waals surface area contributed by atoms with Crippen molar-refractivity contribution in [2.45, 2.75) is 0 Å². The lowest BCUT2D eigenvalue weighted by atomic mass is 9.85. The van der Waals surface area contributed by atoms with E-state index < -0.39 is 0 Å². The maximum Gasteiger partial charge on any atom is 0.259 e. The molecule has 0 saturated carbocycles. The number of carbonyl (C=O) groups excluding carboxylic acids is 2. The number of hydrogen-bond donors (Lipinski definition) is 1. The first-order chi connectivity index (χ1) is 9.68. The summed E-state index contributed by atoms with van der Waals surface area (Å²) in [6.45, 7) is 3.96. The van der Waals surface area contributed by atoms with Crippen LogP contribution in [0.15, 0.2) is 72.4 Å². The molecule has 98 valence electrons. The first kappa shape index (κ1) is 12.4. The second-order valence-corrected chi connectivity index (χ2v) is 4.73. The van der Waals surface area contributed by atoms with Crippen molar-refractivity contribution in [1.82, 2.24) is 5.32 Å². The molecule has 1 aromatic carbocycles. The van der Waals surface area contributed by atoms with E-state index in [4.69, 9.17) is 0 Å². The summed E-state index contributed by atoms with van der Waals surface area (Å²) in [5.41, 5.74) is 2.48. The number of amides is 2. The average Bonchev–Trinajstić information content (AvgIpc) is 2.75. The quantitative estimate of drug-likeness (QED) is 0.833. The molecule has 0 radical (unpaired) electrons. The van der Waals surface area contributed by atoms with Crippen LogP contribution >= 0.6 is 0 Å². The first-order valence-corrected chi connectivity index (χ1v) is 6.37. The summed E-state index contributed by atoms with van der Waals surface area (Å²) in [6, 6.07) is 9.24. The van der Waals surface area contributed by atoms with E-state index in [9.17, 15) is 9.59 Å². The summed E-state index contributed by atoms with van der Waals surface area (Å²) < 4.78 is 0. The maximum absolute atomic E-state index is 12.1. The van der Waals surface area contributed by atoms with Crippen LogP contribution in [0.2, 0.25) is 0 Å². The minimum atomic E-state index is -0.341. The highest BCUT2D eigenvalue weighted by Gasteiger charge is 2.35. The second-order valence-electron chi connectivity index (χ2n) is 4.73. The van der Waals surface area contributed by atoms with E-state index in [0.29, 0.717) is 11.1 Å². The lowest BCUT2D eigenvalue weighted by molar-refractivity contribution is -0.123. The highest BCUT2D eigenvalue weighted by Crippen LogP contribution is 2.34. The number of imide groups is 1. The van der Waals surface area contributed by atoms with Gasteiger partial charge in [-0.15, -0.1) is 0 Å². The van der Waals surface area contributed by atoms with E-state index in [0.717, 1.165) is 11.1 Å². The fourth-order valence-corrected chi connectivity index (χ4v) is 2.52. The molecule has 1 unspecified atom stereocenters. The van der Waals surface area contributed by atoms with Gasteiger partial charge in [0.15, 0.2) is 0 Å². The molecule has 0 bridgehead atoms. The number of carbonyl (C=O) groups is 2. The van der Waals surface area contributed by atoms with Crippen LogP contribution in [0.25, 0.3) is 5.57 Å². The molecular weight excluding hydrogens is 250 g/mol. The highest BCUT2D eigenvalue weighted by molar-refractivity contribution is 6.36. The summed E-state index contributed by atoms with van der Waals surface area (Å²) in [7, 11) is 0. The molecule has 3 heteroatoms. The molecule has 3 rings (SSSR count). The molecule has 1 atom stereocenters. The van der Waals surface area contributed by atoms with Gasteiger partial charge in [0.1, 0.15) is 0 Å². The van der Waals surface area contributed by atoms with Crippen LogP contribution in [0, 0.1) is 5.92 Å². The Morgan fingerprint density at radius 1 is 1.00 bits per heavy atom. The molecule has 2 aliphatic rings. The molecule has 0 fully saturated rings. The van der Waals surface area contributed by atoms with Gasteiger partial charge in [0.05, 0.1) is 5.57 Å². The standard InChI is InChI=1S/C17H13NO2/c1-11-7-5-6-10-13(11)15-14(16(19)18-17(15)20)12-8-3-2-4-9-12/h2-10,13H,1H2,(H,18,19,20). The third kappa shape index (κ3) is 1.93. The van der Waals surface area contributed by atoms with Gasteiger partial charge in [-0.2, -0.15) is 0 Å². The van der Waals surface area contributed by atoms with Crippen molar-refractivity contribution in [3.8, 4) is 0 Å². The monoisotopic (exact) mass is 263 g/mol. The largest absolute Gasteiger partial charge is 0.288 e. The van der Waals surface area contributed by atoms with Gasteiger partial charge in [0, 0.05) is 11.5 Å². The first-order valence-electron chi connectivity index (χ1n) is 6.37. The summed E-state index contributed by atoms with van der Waals surface area (Å²) in [5.74, 6) is -0.923. The van der Waals surface area contributed by atoms with Crippen LogP contribution < -0.4 is 5.32 Å². The third-order valence-electron chi connectivity index (χ3n) is 3.47. The summed E-state index contributed by atoms with van der Waals surface area (Å²) in [5, 5.41) is 2.38. The van der Waals surface area contributed by atoms with Gasteiger partial charge >= 0.3 is 0 Å². The third-order valence-corrected chi connectivity index (χ3v) is 3.47. The Labute approximate surface area is 117 Å². The maximum atomic E-state index is 12.1. The molecule has 3 nitrogen and oxygen atoms in total. The van der Waals surface area contributed by atoms with Crippen LogP contribution in [0.3, 0.4) is 0 Å². The number of hydrogen-bond acceptors (Lipinski definition) is 2. The number of allylic oxidation sites excluding steroid dienone is 5. The zero-order chi connectivity index (χ0) is 14.1. The minimum Gasteiger partial charge on any atom is -0.288 e. The molecule has 20 heavy (non-hydrogen) atoms. The number of benzene rings is 1. The average molecular weight is 263 g/mol. The van der Waals surface area contributed by atoms with E-state index >= 15 is 0 Å². The summed E-state index contributed by atoms with van der Waals surface area (Å²) >= 11 is 0. The lowest BCUT2D eigenvalue weighted by Gasteiger charge is -2.17. The summed E-state index contributed by atoms with van der Waals surface area (Å²) in [4.78, 5) is 24.2. The molecular formula is C17H13NO2. The van der Waals surface area contributed by atoms with Crippen molar-refractivity contribution in [2.24, 2.45) is 5.92 Å². The molecule has 1 heterocycles. The zero-order valence-electron chi connectivity index (χ0n) is 10.8. The van der Waals surface area contributed by atoms with E-state index in [2.05, 4.69) is 11.9 Å². The van der Waals surface area contributed by atoms with Crippen molar-refractivity contribution in [3.05, 3.63) is 77.9 Å². The van der Waals surface area contributed by atoms with Gasteiger partial charge in [0.25, 0.3) is 11.8 Å². The van der Waals surface area contributed by atoms with Gasteiger partial charge in [-0.1, -0.05) is 61.2 Å². The van der Waals surface area contributed by atoms with Crippen LogP contribution in [0.1, 0.15) is 5.56 Å². The van der Waals surface area contributed by atoms with Crippen LogP contribution in [0.5, 0.6) is 0 Å². The van der Waals surface area contributed by atoms with Crippen molar-refractivity contribution in [3.63, 3.8) is 0 Å². The van der Waals surface area contributed by atoms with Crippen molar-refractivity contribution >= 4 is 17.4 Å². The van der Waals surface area contributed by atoms with Crippen LogP contribution in [-0.2, 0) is 9.59 Å². The normalized spacial score (nSPS) is 21.6. The van der Waals surface area contributed by atoms with E-state index in [1.807, 2.05) is 54.6 Å².